The lowest BCUT2D eigenvalue weighted by atomic mass is 10.1. The summed E-state index contributed by atoms with van der Waals surface area (Å²) < 4.78 is 0. The van der Waals surface area contributed by atoms with Crippen molar-refractivity contribution in [3.05, 3.63) is 53.0 Å². The number of nitriles is 1. The molecule has 21 heavy (non-hydrogen) atoms. The first kappa shape index (κ1) is 14.7. The highest BCUT2D eigenvalue weighted by Crippen LogP contribution is 2.11. The third-order valence-corrected chi connectivity index (χ3v) is 2.76. The van der Waals surface area contributed by atoms with Crippen LogP contribution in [-0.4, -0.2) is 23.1 Å². The summed E-state index contributed by atoms with van der Waals surface area (Å²) in [5.74, 6) is 1.38. The molecular formula is C16H17N5. The maximum absolute atomic E-state index is 8.89. The van der Waals surface area contributed by atoms with Crippen molar-refractivity contribution in [1.29, 1.82) is 5.26 Å². The van der Waals surface area contributed by atoms with Gasteiger partial charge in [-0.2, -0.15) is 5.26 Å². The first-order valence-electron chi connectivity index (χ1n) is 6.69. The highest BCUT2D eigenvalue weighted by Gasteiger charge is 1.99. The van der Waals surface area contributed by atoms with Gasteiger partial charge in [-0.25, -0.2) is 9.97 Å². The van der Waals surface area contributed by atoms with Gasteiger partial charge in [-0.15, -0.1) is 0 Å². The van der Waals surface area contributed by atoms with Crippen LogP contribution in [0.5, 0.6) is 0 Å². The van der Waals surface area contributed by atoms with Crippen LogP contribution in [0, 0.1) is 18.3 Å². The van der Waals surface area contributed by atoms with Crippen LogP contribution >= 0.6 is 0 Å². The maximum atomic E-state index is 8.89. The highest BCUT2D eigenvalue weighted by molar-refractivity contribution is 5.67. The second-order valence-electron chi connectivity index (χ2n) is 4.54. The summed E-state index contributed by atoms with van der Waals surface area (Å²) in [7, 11) is 0. The number of aryl methyl sites for hydroxylation is 1. The lowest BCUT2D eigenvalue weighted by molar-refractivity contribution is 0.992. The second kappa shape index (κ2) is 7.17. The number of hydrogen-bond donors (Lipinski definition) is 2. The molecule has 2 rings (SSSR count). The van der Waals surface area contributed by atoms with Gasteiger partial charge >= 0.3 is 0 Å². The molecule has 0 aliphatic carbocycles. The van der Waals surface area contributed by atoms with Gasteiger partial charge in [0.15, 0.2) is 5.82 Å². The van der Waals surface area contributed by atoms with E-state index < -0.39 is 0 Å². The number of anilines is 1. The van der Waals surface area contributed by atoms with Gasteiger partial charge in [0.25, 0.3) is 0 Å². The van der Waals surface area contributed by atoms with Crippen molar-refractivity contribution in [3.63, 3.8) is 0 Å². The maximum Gasteiger partial charge on any atom is 0.154 e. The fourth-order valence-electron chi connectivity index (χ4n) is 1.84. The van der Waals surface area contributed by atoms with Crippen molar-refractivity contribution < 1.29 is 0 Å². The summed E-state index contributed by atoms with van der Waals surface area (Å²) in [6, 6.07) is 11.4. The monoisotopic (exact) mass is 279 g/mol. The Kier molecular flexibility index (Phi) is 5.02. The van der Waals surface area contributed by atoms with E-state index in [0.29, 0.717) is 24.5 Å². The number of hydrogen-bond acceptors (Lipinski definition) is 5. The number of benzene rings is 1. The third-order valence-electron chi connectivity index (χ3n) is 2.76. The van der Waals surface area contributed by atoms with Crippen LogP contribution in [0.25, 0.3) is 12.2 Å². The Labute approximate surface area is 124 Å². The molecule has 0 fully saturated rings. The first-order valence-corrected chi connectivity index (χ1v) is 6.69. The van der Waals surface area contributed by atoms with E-state index in [2.05, 4.69) is 21.4 Å². The summed E-state index contributed by atoms with van der Waals surface area (Å²) in [6.45, 7) is 3.14. The predicted octanol–water partition coefficient (Wildman–Crippen LogP) is 2.20. The van der Waals surface area contributed by atoms with Crippen molar-refractivity contribution >= 4 is 18.0 Å². The SMILES string of the molecule is Cc1cc(NCCN)nc(C=Cc2cccc(C#N)c2)n1. The molecule has 106 valence electrons. The Morgan fingerprint density at radius 2 is 2.14 bits per heavy atom. The molecule has 1 heterocycles. The molecule has 0 saturated heterocycles. The summed E-state index contributed by atoms with van der Waals surface area (Å²) in [6.07, 6.45) is 3.72. The molecule has 0 spiro atoms. The second-order valence-corrected chi connectivity index (χ2v) is 4.54. The van der Waals surface area contributed by atoms with Gasteiger partial charge in [-0.1, -0.05) is 18.2 Å². The van der Waals surface area contributed by atoms with Gasteiger partial charge in [-0.3, -0.25) is 0 Å². The topological polar surface area (TPSA) is 87.6 Å². The molecule has 3 N–H and O–H groups in total. The fraction of sp³-hybridized carbons (Fsp3) is 0.188. The van der Waals surface area contributed by atoms with E-state index in [1.807, 2.05) is 43.3 Å². The molecule has 0 saturated carbocycles. The summed E-state index contributed by atoms with van der Waals surface area (Å²) >= 11 is 0. The molecule has 0 atom stereocenters. The van der Waals surface area contributed by atoms with Crippen LogP contribution < -0.4 is 11.1 Å². The highest BCUT2D eigenvalue weighted by atomic mass is 15.0. The predicted molar refractivity (Wildman–Crippen MR) is 84.4 cm³/mol. The molecule has 0 unspecified atom stereocenters. The first-order chi connectivity index (χ1) is 10.2. The fourth-order valence-corrected chi connectivity index (χ4v) is 1.84. The summed E-state index contributed by atoms with van der Waals surface area (Å²) in [5.41, 5.74) is 7.92. The third kappa shape index (κ3) is 4.41. The number of nitrogens with one attached hydrogen (secondary N) is 1. The largest absolute Gasteiger partial charge is 0.369 e. The van der Waals surface area contributed by atoms with Crippen molar-refractivity contribution in [2.45, 2.75) is 6.92 Å². The van der Waals surface area contributed by atoms with Crippen LogP contribution in [0.2, 0.25) is 0 Å². The Bertz CT molecular complexity index is 685. The number of nitrogens with zero attached hydrogens (tertiary/aromatic N) is 3. The zero-order chi connectivity index (χ0) is 15.1. The number of rotatable bonds is 5. The van der Waals surface area contributed by atoms with E-state index in [4.69, 9.17) is 11.0 Å². The van der Waals surface area contributed by atoms with Gasteiger partial charge in [0.05, 0.1) is 11.6 Å². The van der Waals surface area contributed by atoms with Crippen LogP contribution in [-0.2, 0) is 0 Å². The van der Waals surface area contributed by atoms with Gasteiger partial charge in [0.2, 0.25) is 0 Å². The van der Waals surface area contributed by atoms with Crippen molar-refractivity contribution in [2.75, 3.05) is 18.4 Å². The molecule has 0 bridgehead atoms. The summed E-state index contributed by atoms with van der Waals surface area (Å²) in [5, 5.41) is 12.0. The Hall–Kier alpha value is -2.71. The quantitative estimate of drug-likeness (QED) is 0.876. The van der Waals surface area contributed by atoms with E-state index in [1.54, 1.807) is 6.07 Å². The minimum atomic E-state index is 0.551. The van der Waals surface area contributed by atoms with E-state index in [-0.39, 0.29) is 0 Å². The van der Waals surface area contributed by atoms with Crippen LogP contribution in [0.1, 0.15) is 22.6 Å². The number of nitrogens with two attached hydrogens (primary N) is 1. The zero-order valence-electron chi connectivity index (χ0n) is 11.9. The molecule has 1 aromatic carbocycles. The zero-order valence-corrected chi connectivity index (χ0v) is 11.9. The molecule has 2 aromatic rings. The van der Waals surface area contributed by atoms with E-state index >= 15 is 0 Å². The van der Waals surface area contributed by atoms with Crippen molar-refractivity contribution in [3.8, 4) is 6.07 Å². The van der Waals surface area contributed by atoms with Crippen LogP contribution in [0.3, 0.4) is 0 Å². The van der Waals surface area contributed by atoms with Gasteiger partial charge in [-0.05, 0) is 30.7 Å². The Morgan fingerprint density at radius 3 is 2.90 bits per heavy atom. The standard InChI is InChI=1S/C16H17N5/c1-12-9-16(19-8-7-17)21-15(20-12)6-5-13-3-2-4-14(10-13)11-18/h2-6,9-10H,7-8,17H2,1H3,(H,19,20,21). The van der Waals surface area contributed by atoms with Gasteiger partial charge in [0, 0.05) is 24.8 Å². The lowest BCUT2D eigenvalue weighted by Crippen LogP contribution is -2.14. The van der Waals surface area contributed by atoms with Crippen molar-refractivity contribution in [2.24, 2.45) is 5.73 Å². The van der Waals surface area contributed by atoms with Crippen LogP contribution in [0.15, 0.2) is 30.3 Å². The van der Waals surface area contributed by atoms with E-state index in [0.717, 1.165) is 17.1 Å². The molecule has 5 heteroatoms. The van der Waals surface area contributed by atoms with Crippen molar-refractivity contribution in [1.82, 2.24) is 9.97 Å². The van der Waals surface area contributed by atoms with E-state index in [9.17, 15) is 0 Å². The Balaban J connectivity index is 2.20. The minimum Gasteiger partial charge on any atom is -0.369 e. The van der Waals surface area contributed by atoms with Gasteiger partial charge < -0.3 is 11.1 Å². The molecule has 0 aliphatic rings. The average Bonchev–Trinajstić information content (AvgIpc) is 2.50. The minimum absolute atomic E-state index is 0.551. The number of aromatic nitrogens is 2. The lowest BCUT2D eigenvalue weighted by Gasteiger charge is -2.05. The smallest absolute Gasteiger partial charge is 0.154 e. The molecular weight excluding hydrogens is 262 g/mol. The molecule has 5 nitrogen and oxygen atoms in total. The average molecular weight is 279 g/mol. The molecule has 0 amide bonds. The van der Waals surface area contributed by atoms with E-state index in [1.165, 1.54) is 0 Å². The normalized spacial score (nSPS) is 10.5. The van der Waals surface area contributed by atoms with Gasteiger partial charge in [0.1, 0.15) is 5.82 Å². The molecule has 1 aromatic heterocycles. The van der Waals surface area contributed by atoms with Crippen LogP contribution in [0.4, 0.5) is 5.82 Å². The Morgan fingerprint density at radius 1 is 1.29 bits per heavy atom. The molecule has 0 aliphatic heterocycles. The molecule has 0 radical (unpaired) electrons. The summed E-state index contributed by atoms with van der Waals surface area (Å²) in [4.78, 5) is 8.76.